The molecule has 0 saturated carbocycles. The lowest BCUT2D eigenvalue weighted by Crippen LogP contribution is -2.25. The van der Waals surface area contributed by atoms with E-state index in [0.717, 1.165) is 0 Å². The van der Waals surface area contributed by atoms with E-state index in [-0.39, 0.29) is 8.41 Å². The summed E-state index contributed by atoms with van der Waals surface area (Å²) in [6.07, 6.45) is 3.88. The molecule has 11 heavy (non-hydrogen) atoms. The minimum Gasteiger partial charge on any atom is -0.303 e. The van der Waals surface area contributed by atoms with E-state index < -0.39 is 0 Å². The van der Waals surface area contributed by atoms with Crippen LogP contribution in [0.15, 0.2) is 0 Å². The molecule has 0 unspecified atom stereocenters. The van der Waals surface area contributed by atoms with Crippen molar-refractivity contribution in [3.8, 4) is 0 Å². The van der Waals surface area contributed by atoms with Crippen LogP contribution in [0.25, 0.3) is 0 Å². The van der Waals surface area contributed by atoms with Gasteiger partial charge in [0.1, 0.15) is 0 Å². The van der Waals surface area contributed by atoms with Gasteiger partial charge in [-0.25, -0.2) is 0 Å². The van der Waals surface area contributed by atoms with Crippen LogP contribution in [0.4, 0.5) is 0 Å². The van der Waals surface area contributed by atoms with E-state index in [1.165, 1.54) is 38.9 Å². The minimum absolute atomic E-state index is 0. The van der Waals surface area contributed by atoms with E-state index in [9.17, 15) is 0 Å². The van der Waals surface area contributed by atoms with Gasteiger partial charge in [-0.2, -0.15) is 0 Å². The Balaban J connectivity index is 0. The average Bonchev–Trinajstić information content (AvgIpc) is 1.90. The highest BCUT2D eigenvalue weighted by atomic mass is 15.1. The molecule has 0 aliphatic heterocycles. The van der Waals surface area contributed by atoms with Crippen LogP contribution >= 0.6 is 0 Å². The van der Waals surface area contributed by atoms with Gasteiger partial charge in [0.2, 0.25) is 0 Å². The van der Waals surface area contributed by atoms with Gasteiger partial charge < -0.3 is 4.90 Å². The summed E-state index contributed by atoms with van der Waals surface area (Å²) in [5.41, 5.74) is 0. The zero-order valence-corrected chi connectivity index (χ0v) is 8.27. The molecule has 0 aliphatic rings. The number of rotatable bonds is 6. The predicted molar refractivity (Wildman–Crippen MR) is 53.1 cm³/mol. The van der Waals surface area contributed by atoms with Crippen LogP contribution in [0.2, 0.25) is 0 Å². The van der Waals surface area contributed by atoms with Crippen LogP contribution in [-0.2, 0) is 0 Å². The van der Waals surface area contributed by atoms with E-state index in [1.807, 2.05) is 0 Å². The summed E-state index contributed by atoms with van der Waals surface area (Å²) in [4.78, 5) is 2.54. The van der Waals surface area contributed by atoms with Gasteiger partial charge >= 0.3 is 0 Å². The van der Waals surface area contributed by atoms with Crippen LogP contribution in [0.1, 0.15) is 40.0 Å². The molecule has 0 saturated heterocycles. The smallest absolute Gasteiger partial charge is 0 e. The summed E-state index contributed by atoms with van der Waals surface area (Å²) in [6, 6.07) is 0. The summed E-state index contributed by atoms with van der Waals surface area (Å²) in [5, 5.41) is 0. The highest BCUT2D eigenvalue weighted by molar-refractivity contribution is 5.75. The van der Waals surface area contributed by atoms with Crippen LogP contribution in [0, 0.1) is 0 Å². The maximum Gasteiger partial charge on any atom is 0 e. The van der Waals surface area contributed by atoms with Crippen molar-refractivity contribution in [3.63, 3.8) is 0 Å². The third kappa shape index (κ3) is 7.93. The van der Waals surface area contributed by atoms with Gasteiger partial charge in [-0.05, 0) is 38.9 Å². The van der Waals surface area contributed by atoms with Crippen LogP contribution in [0.3, 0.4) is 0 Å². The molecule has 0 aromatic rings. The Morgan fingerprint density at radius 3 is 1.18 bits per heavy atom. The lowest BCUT2D eigenvalue weighted by atomic mass is 10.3. The summed E-state index contributed by atoms with van der Waals surface area (Å²) < 4.78 is 0. The molecule has 0 aromatic heterocycles. The molecule has 0 atom stereocenters. The maximum absolute atomic E-state index is 2.54. The van der Waals surface area contributed by atoms with Gasteiger partial charge in [-0.3, -0.25) is 0 Å². The van der Waals surface area contributed by atoms with Gasteiger partial charge in [-0.15, -0.1) is 0 Å². The zero-order valence-electron chi connectivity index (χ0n) is 8.27. The normalized spacial score (nSPS) is 9.82. The first-order chi connectivity index (χ1) is 4.85. The third-order valence-corrected chi connectivity index (χ3v) is 1.62. The van der Waals surface area contributed by atoms with Crippen molar-refractivity contribution >= 4 is 8.41 Å². The fourth-order valence-electron chi connectivity index (χ4n) is 1.28. The Labute approximate surface area is 73.7 Å². The van der Waals surface area contributed by atoms with Crippen molar-refractivity contribution in [2.24, 2.45) is 0 Å². The van der Waals surface area contributed by atoms with Crippen molar-refractivity contribution in [2.75, 3.05) is 19.6 Å². The van der Waals surface area contributed by atoms with E-state index >= 15 is 0 Å². The van der Waals surface area contributed by atoms with E-state index in [0.29, 0.717) is 0 Å². The molecule has 3 radical (unpaired) electrons. The Morgan fingerprint density at radius 1 is 0.727 bits per heavy atom. The van der Waals surface area contributed by atoms with E-state index in [4.69, 9.17) is 0 Å². The van der Waals surface area contributed by atoms with Crippen molar-refractivity contribution in [1.82, 2.24) is 4.90 Å². The van der Waals surface area contributed by atoms with Crippen molar-refractivity contribution in [2.45, 2.75) is 40.0 Å². The fraction of sp³-hybridized carbons (Fsp3) is 1.00. The predicted octanol–water partition coefficient (Wildman–Crippen LogP) is 2.14. The summed E-state index contributed by atoms with van der Waals surface area (Å²) >= 11 is 0. The number of hydrogen-bond acceptors (Lipinski definition) is 1. The maximum atomic E-state index is 2.54. The summed E-state index contributed by atoms with van der Waals surface area (Å²) in [5.74, 6) is 0. The quantitative estimate of drug-likeness (QED) is 0.529. The van der Waals surface area contributed by atoms with Gasteiger partial charge in [0.05, 0.1) is 0 Å². The van der Waals surface area contributed by atoms with Gasteiger partial charge in [0.15, 0.2) is 0 Å². The lowest BCUT2D eigenvalue weighted by molar-refractivity contribution is 0.275. The molecule has 0 heterocycles. The van der Waals surface area contributed by atoms with Crippen molar-refractivity contribution < 1.29 is 0 Å². The molecule has 2 heteroatoms. The first kappa shape index (κ1) is 13.6. The van der Waals surface area contributed by atoms with Crippen molar-refractivity contribution in [3.05, 3.63) is 0 Å². The third-order valence-electron chi connectivity index (χ3n) is 1.62. The van der Waals surface area contributed by atoms with Crippen LogP contribution in [-0.4, -0.2) is 32.9 Å². The minimum atomic E-state index is 0. The Kier molecular flexibility index (Phi) is 12.4. The van der Waals surface area contributed by atoms with E-state index in [2.05, 4.69) is 25.7 Å². The Hall–Kier alpha value is 0.0249. The SMILES string of the molecule is CCCN(CCC)CCC.[B]. The van der Waals surface area contributed by atoms with Crippen LogP contribution in [0.5, 0.6) is 0 Å². The topological polar surface area (TPSA) is 3.24 Å². The molecule has 0 rings (SSSR count). The molecular weight excluding hydrogens is 133 g/mol. The van der Waals surface area contributed by atoms with Gasteiger partial charge in [-0.1, -0.05) is 20.8 Å². The largest absolute Gasteiger partial charge is 0.303 e. The zero-order chi connectivity index (χ0) is 7.82. The standard InChI is InChI=1S/C9H21N.B/c1-4-7-10(8-5-2)9-6-3;/h4-9H2,1-3H3;. The second kappa shape index (κ2) is 10.0. The highest BCUT2D eigenvalue weighted by Crippen LogP contribution is 1.94. The number of nitrogens with zero attached hydrogens (tertiary/aromatic N) is 1. The molecule has 0 bridgehead atoms. The van der Waals surface area contributed by atoms with Crippen molar-refractivity contribution in [1.29, 1.82) is 0 Å². The molecule has 1 nitrogen and oxygen atoms in total. The average molecular weight is 154 g/mol. The second-order valence-corrected chi connectivity index (χ2v) is 2.84. The van der Waals surface area contributed by atoms with Crippen LogP contribution < -0.4 is 0 Å². The molecule has 0 aromatic carbocycles. The summed E-state index contributed by atoms with van der Waals surface area (Å²) in [6.45, 7) is 10.6. The van der Waals surface area contributed by atoms with E-state index in [1.54, 1.807) is 0 Å². The molecule has 0 aliphatic carbocycles. The monoisotopic (exact) mass is 154 g/mol. The number of hydrogen-bond donors (Lipinski definition) is 0. The molecule has 65 valence electrons. The highest BCUT2D eigenvalue weighted by Gasteiger charge is 1.98. The Morgan fingerprint density at radius 2 is 1.00 bits per heavy atom. The molecule has 0 N–H and O–H groups in total. The molecule has 0 spiro atoms. The first-order valence-electron chi connectivity index (χ1n) is 4.57. The first-order valence-corrected chi connectivity index (χ1v) is 4.57. The molecule has 0 fully saturated rings. The fourth-order valence-corrected chi connectivity index (χ4v) is 1.28. The van der Waals surface area contributed by atoms with Gasteiger partial charge in [0.25, 0.3) is 0 Å². The molecular formula is C9H21BN. The van der Waals surface area contributed by atoms with Gasteiger partial charge in [0, 0.05) is 8.41 Å². The molecule has 0 amide bonds. The lowest BCUT2D eigenvalue weighted by Gasteiger charge is -2.19. The summed E-state index contributed by atoms with van der Waals surface area (Å²) in [7, 11) is 0. The second-order valence-electron chi connectivity index (χ2n) is 2.84. The Bertz CT molecular complexity index is 52.3.